The van der Waals surface area contributed by atoms with E-state index in [4.69, 9.17) is 0 Å². The molecule has 124 valence electrons. The Bertz CT molecular complexity index is 874. The highest BCUT2D eigenvalue weighted by Gasteiger charge is 2.23. The maximum Gasteiger partial charge on any atom is 0.238 e. The molecule has 11 heteroatoms. The van der Waals surface area contributed by atoms with Crippen molar-refractivity contribution in [2.24, 2.45) is 0 Å². The molecule has 3 heterocycles. The average Bonchev–Trinajstić information content (AvgIpc) is 3.07. The number of nitrogens with one attached hydrogen (secondary N) is 3. The lowest BCUT2D eigenvalue weighted by atomic mass is 10.4. The molecule has 24 heavy (non-hydrogen) atoms. The molecule has 1 aliphatic carbocycles. The van der Waals surface area contributed by atoms with Crippen molar-refractivity contribution in [2.45, 2.75) is 35.4 Å². The molecule has 3 N–H and O–H groups in total. The Morgan fingerprint density at radius 2 is 2.25 bits per heavy atom. The molecule has 1 atom stereocenters. The van der Waals surface area contributed by atoms with Gasteiger partial charge in [0.2, 0.25) is 11.0 Å². The van der Waals surface area contributed by atoms with Crippen molar-refractivity contribution in [1.82, 2.24) is 30.1 Å². The standard InChI is InChI=1S/C13H14N8OS2/c1-6(23-13-21-20-12(24-13)18-7-2-3-7)11(22)19-10-8-9(15-4-14-8)16-5-17-10/h4-7H,2-3H2,1H3,(H,18,20)(H2,14,15,16,17,19,22)/t6-/m1/s1. The van der Waals surface area contributed by atoms with Gasteiger partial charge < -0.3 is 15.6 Å². The Kier molecular flexibility index (Phi) is 4.02. The van der Waals surface area contributed by atoms with Crippen LogP contribution in [0.5, 0.6) is 0 Å². The number of carbonyl (C=O) groups is 1. The highest BCUT2D eigenvalue weighted by Crippen LogP contribution is 2.32. The van der Waals surface area contributed by atoms with Gasteiger partial charge in [-0.2, -0.15) is 0 Å². The molecule has 0 saturated heterocycles. The Morgan fingerprint density at radius 1 is 1.38 bits per heavy atom. The summed E-state index contributed by atoms with van der Waals surface area (Å²) >= 11 is 2.84. The molecule has 9 nitrogen and oxygen atoms in total. The van der Waals surface area contributed by atoms with E-state index in [1.54, 1.807) is 0 Å². The van der Waals surface area contributed by atoms with E-state index in [0.29, 0.717) is 23.0 Å². The third kappa shape index (κ3) is 3.31. The lowest BCUT2D eigenvalue weighted by molar-refractivity contribution is -0.115. The van der Waals surface area contributed by atoms with Crippen LogP contribution in [0.1, 0.15) is 19.8 Å². The van der Waals surface area contributed by atoms with Gasteiger partial charge in [0.05, 0.1) is 11.6 Å². The van der Waals surface area contributed by atoms with E-state index >= 15 is 0 Å². The summed E-state index contributed by atoms with van der Waals surface area (Å²) < 4.78 is 0.759. The molecule has 1 fully saturated rings. The molecule has 0 radical (unpaired) electrons. The van der Waals surface area contributed by atoms with E-state index in [9.17, 15) is 4.79 Å². The number of imidazole rings is 1. The van der Waals surface area contributed by atoms with Gasteiger partial charge in [0.1, 0.15) is 11.8 Å². The summed E-state index contributed by atoms with van der Waals surface area (Å²) in [4.78, 5) is 27.5. The number of nitrogens with zero attached hydrogens (tertiary/aromatic N) is 5. The Morgan fingerprint density at radius 3 is 3.08 bits per heavy atom. The minimum absolute atomic E-state index is 0.165. The van der Waals surface area contributed by atoms with Crippen LogP contribution in [-0.2, 0) is 4.79 Å². The van der Waals surface area contributed by atoms with E-state index in [1.165, 1.54) is 48.6 Å². The Hall–Kier alpha value is -2.27. The molecule has 1 amide bonds. The van der Waals surface area contributed by atoms with Crippen LogP contribution in [0.3, 0.4) is 0 Å². The molecule has 1 saturated carbocycles. The molecule has 3 aromatic rings. The van der Waals surface area contributed by atoms with Crippen LogP contribution in [0.25, 0.3) is 11.2 Å². The molecular formula is C13H14N8OS2. The number of carbonyl (C=O) groups excluding carboxylic acids is 1. The first-order valence-corrected chi connectivity index (χ1v) is 9.10. The van der Waals surface area contributed by atoms with Crippen molar-refractivity contribution in [3.05, 3.63) is 12.7 Å². The summed E-state index contributed by atoms with van der Waals surface area (Å²) in [6.07, 6.45) is 5.25. The Balaban J connectivity index is 1.40. The van der Waals surface area contributed by atoms with Gasteiger partial charge in [0, 0.05) is 6.04 Å². The Labute approximate surface area is 145 Å². The molecule has 1 aliphatic rings. The summed E-state index contributed by atoms with van der Waals surface area (Å²) in [6.45, 7) is 1.82. The molecule has 0 aromatic carbocycles. The maximum absolute atomic E-state index is 12.4. The minimum Gasteiger partial charge on any atom is -0.357 e. The molecular weight excluding hydrogens is 348 g/mol. The number of fused-ring (bicyclic) bond motifs is 1. The molecule has 4 rings (SSSR count). The zero-order valence-corrected chi connectivity index (χ0v) is 14.3. The topological polar surface area (TPSA) is 121 Å². The third-order valence-corrected chi connectivity index (χ3v) is 5.46. The smallest absolute Gasteiger partial charge is 0.238 e. The fourth-order valence-electron chi connectivity index (χ4n) is 2.00. The number of hydrogen-bond donors (Lipinski definition) is 3. The summed E-state index contributed by atoms with van der Waals surface area (Å²) in [5.41, 5.74) is 1.12. The van der Waals surface area contributed by atoms with Crippen LogP contribution < -0.4 is 10.6 Å². The van der Waals surface area contributed by atoms with Crippen molar-refractivity contribution >= 4 is 51.1 Å². The van der Waals surface area contributed by atoms with Crippen LogP contribution in [-0.4, -0.2) is 47.3 Å². The van der Waals surface area contributed by atoms with Gasteiger partial charge in [-0.15, -0.1) is 10.2 Å². The third-order valence-electron chi connectivity index (χ3n) is 3.42. The predicted octanol–water partition coefficient (Wildman–Crippen LogP) is 1.90. The van der Waals surface area contributed by atoms with Gasteiger partial charge in [0.15, 0.2) is 15.8 Å². The highest BCUT2D eigenvalue weighted by atomic mass is 32.2. The summed E-state index contributed by atoms with van der Waals surface area (Å²) in [7, 11) is 0. The van der Waals surface area contributed by atoms with E-state index < -0.39 is 0 Å². The number of anilines is 2. The summed E-state index contributed by atoms with van der Waals surface area (Å²) in [5.74, 6) is 0.254. The van der Waals surface area contributed by atoms with E-state index in [-0.39, 0.29) is 11.2 Å². The van der Waals surface area contributed by atoms with Crippen LogP contribution >= 0.6 is 23.1 Å². The van der Waals surface area contributed by atoms with Crippen molar-refractivity contribution in [3.8, 4) is 0 Å². The number of rotatable bonds is 6. The largest absolute Gasteiger partial charge is 0.357 e. The first kappa shape index (κ1) is 15.3. The van der Waals surface area contributed by atoms with Gasteiger partial charge in [0.25, 0.3) is 0 Å². The normalized spacial score (nSPS) is 15.4. The fourth-order valence-corrected chi connectivity index (χ4v) is 3.97. The summed E-state index contributed by atoms with van der Waals surface area (Å²) in [5, 5.41) is 14.8. The highest BCUT2D eigenvalue weighted by molar-refractivity contribution is 8.02. The van der Waals surface area contributed by atoms with Gasteiger partial charge in [-0.05, 0) is 19.8 Å². The number of aromatic nitrogens is 6. The summed E-state index contributed by atoms with van der Waals surface area (Å²) in [6, 6.07) is 0.533. The SMILES string of the molecule is C[C@@H](Sc1nnc(NC2CC2)s1)C(=O)Nc1ncnc2nc[nH]c12. The van der Waals surface area contributed by atoms with E-state index in [0.717, 1.165) is 9.47 Å². The second kappa shape index (κ2) is 6.32. The van der Waals surface area contributed by atoms with Gasteiger partial charge in [-0.25, -0.2) is 15.0 Å². The number of hydrogen-bond acceptors (Lipinski definition) is 9. The molecule has 0 aliphatic heterocycles. The monoisotopic (exact) mass is 362 g/mol. The van der Waals surface area contributed by atoms with E-state index in [1.807, 2.05) is 6.92 Å². The van der Waals surface area contributed by atoms with E-state index in [2.05, 4.69) is 40.8 Å². The quantitative estimate of drug-likeness (QED) is 0.568. The van der Waals surface area contributed by atoms with Gasteiger partial charge in [-0.1, -0.05) is 23.1 Å². The molecule has 3 aromatic heterocycles. The molecule has 0 spiro atoms. The number of aromatic amines is 1. The first-order chi connectivity index (χ1) is 11.7. The van der Waals surface area contributed by atoms with Crippen LogP contribution in [0, 0.1) is 0 Å². The van der Waals surface area contributed by atoms with Crippen LogP contribution in [0.4, 0.5) is 10.9 Å². The number of thioether (sulfide) groups is 1. The van der Waals surface area contributed by atoms with Crippen LogP contribution in [0.15, 0.2) is 17.0 Å². The maximum atomic E-state index is 12.4. The van der Waals surface area contributed by atoms with Crippen molar-refractivity contribution in [2.75, 3.05) is 10.6 Å². The zero-order valence-electron chi connectivity index (χ0n) is 12.7. The fraction of sp³-hybridized carbons (Fsp3) is 0.385. The lowest BCUT2D eigenvalue weighted by Crippen LogP contribution is -2.23. The minimum atomic E-state index is -0.334. The lowest BCUT2D eigenvalue weighted by Gasteiger charge is -2.09. The van der Waals surface area contributed by atoms with Gasteiger partial charge >= 0.3 is 0 Å². The first-order valence-electron chi connectivity index (χ1n) is 7.40. The zero-order chi connectivity index (χ0) is 16.5. The number of amides is 1. The molecule has 0 bridgehead atoms. The second-order valence-corrected chi connectivity index (χ2v) is 7.93. The van der Waals surface area contributed by atoms with Crippen LogP contribution in [0.2, 0.25) is 0 Å². The van der Waals surface area contributed by atoms with Crippen molar-refractivity contribution < 1.29 is 4.79 Å². The second-order valence-electron chi connectivity index (χ2n) is 5.36. The van der Waals surface area contributed by atoms with Crippen molar-refractivity contribution in [3.63, 3.8) is 0 Å². The number of H-pyrrole nitrogens is 1. The molecule has 0 unspecified atom stereocenters. The average molecular weight is 362 g/mol. The van der Waals surface area contributed by atoms with Crippen molar-refractivity contribution in [1.29, 1.82) is 0 Å². The predicted molar refractivity (Wildman–Crippen MR) is 92.2 cm³/mol. The van der Waals surface area contributed by atoms with Gasteiger partial charge in [-0.3, -0.25) is 4.79 Å².